The van der Waals surface area contributed by atoms with Gasteiger partial charge in [0.1, 0.15) is 5.75 Å². The Balaban J connectivity index is 1.71. The predicted molar refractivity (Wildman–Crippen MR) is 83.5 cm³/mol. The molecule has 1 atom stereocenters. The largest absolute Gasteiger partial charge is 0.493 e. The van der Waals surface area contributed by atoms with Gasteiger partial charge in [-0.05, 0) is 30.5 Å². The summed E-state index contributed by atoms with van der Waals surface area (Å²) in [7, 11) is 1.97. The second kappa shape index (κ2) is 5.90. The van der Waals surface area contributed by atoms with Gasteiger partial charge in [0.25, 0.3) is 0 Å². The number of rotatable bonds is 5. The molecule has 0 radical (unpaired) electrons. The van der Waals surface area contributed by atoms with Crippen molar-refractivity contribution < 1.29 is 4.74 Å². The van der Waals surface area contributed by atoms with Gasteiger partial charge < -0.3 is 10.1 Å². The molecule has 1 N–H and O–H groups in total. The van der Waals surface area contributed by atoms with Crippen molar-refractivity contribution in [2.75, 3.05) is 6.61 Å². The Morgan fingerprint density at radius 2 is 2.29 bits per heavy atom. The van der Waals surface area contributed by atoms with Crippen LogP contribution in [0.5, 0.6) is 5.75 Å². The molecule has 112 valence electrons. The summed E-state index contributed by atoms with van der Waals surface area (Å²) in [4.78, 5) is 0. The molecule has 0 amide bonds. The number of nitrogens with one attached hydrogen (secondary N) is 1. The second-order valence-electron chi connectivity index (χ2n) is 5.72. The second-order valence-corrected chi connectivity index (χ2v) is 5.72. The van der Waals surface area contributed by atoms with Crippen molar-refractivity contribution >= 4 is 0 Å². The fraction of sp³-hybridized carbons (Fsp3) is 0.471. The Labute approximate surface area is 126 Å². The molecule has 1 aromatic carbocycles. The molecule has 1 aromatic heterocycles. The molecule has 1 aliphatic heterocycles. The van der Waals surface area contributed by atoms with Crippen LogP contribution < -0.4 is 10.1 Å². The van der Waals surface area contributed by atoms with E-state index in [-0.39, 0.29) is 0 Å². The van der Waals surface area contributed by atoms with Crippen molar-refractivity contribution in [3.8, 4) is 5.75 Å². The third-order valence-corrected chi connectivity index (χ3v) is 4.18. The maximum atomic E-state index is 5.58. The molecule has 0 spiro atoms. The van der Waals surface area contributed by atoms with Crippen molar-refractivity contribution in [1.29, 1.82) is 0 Å². The highest BCUT2D eigenvalue weighted by atomic mass is 16.5. The van der Waals surface area contributed by atoms with Gasteiger partial charge in [0.15, 0.2) is 0 Å². The Bertz CT molecular complexity index is 633. The average molecular weight is 285 g/mol. The standard InChI is InChI=1S/C17H23N3O/c1-4-16(18-10-15-11-20(3)19-12(15)2)13-5-6-17-14(9-13)7-8-21-17/h5-6,9,11,16,18H,4,7-8,10H2,1-3H3. The van der Waals surface area contributed by atoms with E-state index < -0.39 is 0 Å². The molecular weight excluding hydrogens is 262 g/mol. The minimum absolute atomic E-state index is 0.371. The van der Waals surface area contributed by atoms with Gasteiger partial charge in [0.2, 0.25) is 0 Å². The summed E-state index contributed by atoms with van der Waals surface area (Å²) < 4.78 is 7.46. The maximum absolute atomic E-state index is 5.58. The SMILES string of the molecule is CCC(NCc1cn(C)nc1C)c1ccc2c(c1)CCO2. The van der Waals surface area contributed by atoms with Gasteiger partial charge in [-0.3, -0.25) is 4.68 Å². The molecule has 2 aromatic rings. The van der Waals surface area contributed by atoms with E-state index in [0.29, 0.717) is 6.04 Å². The van der Waals surface area contributed by atoms with Gasteiger partial charge in [-0.1, -0.05) is 19.1 Å². The number of hydrogen-bond donors (Lipinski definition) is 1. The molecule has 0 fully saturated rings. The van der Waals surface area contributed by atoms with Crippen LogP contribution in [0.3, 0.4) is 0 Å². The zero-order valence-corrected chi connectivity index (χ0v) is 13.0. The molecule has 4 nitrogen and oxygen atoms in total. The van der Waals surface area contributed by atoms with Crippen LogP contribution in [0.2, 0.25) is 0 Å². The zero-order valence-electron chi connectivity index (χ0n) is 13.0. The Hall–Kier alpha value is -1.81. The van der Waals surface area contributed by atoms with E-state index in [1.54, 1.807) is 0 Å². The van der Waals surface area contributed by atoms with Crippen LogP contribution in [0, 0.1) is 6.92 Å². The summed E-state index contributed by atoms with van der Waals surface area (Å²) in [5.74, 6) is 1.05. The van der Waals surface area contributed by atoms with Gasteiger partial charge in [0, 0.05) is 37.8 Å². The molecule has 2 heterocycles. The Morgan fingerprint density at radius 3 is 3.00 bits per heavy atom. The first-order chi connectivity index (χ1) is 10.2. The van der Waals surface area contributed by atoms with Crippen LogP contribution in [0.25, 0.3) is 0 Å². The lowest BCUT2D eigenvalue weighted by Crippen LogP contribution is -2.20. The maximum Gasteiger partial charge on any atom is 0.122 e. The summed E-state index contributed by atoms with van der Waals surface area (Å²) in [6.45, 7) is 5.95. The lowest BCUT2D eigenvalue weighted by molar-refractivity contribution is 0.356. The van der Waals surface area contributed by atoms with Gasteiger partial charge >= 0.3 is 0 Å². The summed E-state index contributed by atoms with van der Waals surface area (Å²) in [6, 6.07) is 6.95. The Kier molecular flexibility index (Phi) is 3.97. The number of benzene rings is 1. The smallest absolute Gasteiger partial charge is 0.122 e. The Morgan fingerprint density at radius 1 is 1.43 bits per heavy atom. The van der Waals surface area contributed by atoms with Crippen LogP contribution in [0.15, 0.2) is 24.4 Å². The van der Waals surface area contributed by atoms with Crippen molar-refractivity contribution in [3.05, 3.63) is 46.8 Å². The summed E-state index contributed by atoms with van der Waals surface area (Å²) in [5.41, 5.74) is 5.05. The molecule has 1 unspecified atom stereocenters. The summed E-state index contributed by atoms with van der Waals surface area (Å²) >= 11 is 0. The number of aryl methyl sites for hydroxylation is 2. The normalized spacial score (nSPS) is 14.8. The highest BCUT2D eigenvalue weighted by Gasteiger charge is 2.16. The monoisotopic (exact) mass is 285 g/mol. The first kappa shape index (κ1) is 14.1. The van der Waals surface area contributed by atoms with Gasteiger partial charge in [0.05, 0.1) is 12.3 Å². The number of nitrogens with zero attached hydrogens (tertiary/aromatic N) is 2. The fourth-order valence-corrected chi connectivity index (χ4v) is 2.98. The van der Waals surface area contributed by atoms with Gasteiger partial charge in [-0.15, -0.1) is 0 Å². The van der Waals surface area contributed by atoms with Crippen molar-refractivity contribution in [3.63, 3.8) is 0 Å². The topological polar surface area (TPSA) is 39.1 Å². The molecule has 0 saturated heterocycles. The first-order valence-electron chi connectivity index (χ1n) is 7.65. The predicted octanol–water partition coefficient (Wildman–Crippen LogP) is 2.90. The van der Waals surface area contributed by atoms with Crippen LogP contribution in [0.1, 0.15) is 41.8 Å². The van der Waals surface area contributed by atoms with E-state index >= 15 is 0 Å². The number of aromatic nitrogens is 2. The lowest BCUT2D eigenvalue weighted by Gasteiger charge is -2.18. The van der Waals surface area contributed by atoms with E-state index in [1.165, 1.54) is 16.7 Å². The van der Waals surface area contributed by atoms with Crippen LogP contribution in [-0.4, -0.2) is 16.4 Å². The molecular formula is C17H23N3O. The minimum atomic E-state index is 0.371. The molecule has 21 heavy (non-hydrogen) atoms. The molecule has 4 heteroatoms. The molecule has 0 saturated carbocycles. The van der Waals surface area contributed by atoms with Crippen molar-refractivity contribution in [2.24, 2.45) is 7.05 Å². The molecule has 0 bridgehead atoms. The van der Waals surface area contributed by atoms with Gasteiger partial charge in [-0.2, -0.15) is 5.10 Å². The van der Waals surface area contributed by atoms with E-state index in [0.717, 1.165) is 37.4 Å². The zero-order chi connectivity index (χ0) is 14.8. The van der Waals surface area contributed by atoms with E-state index in [4.69, 9.17) is 4.74 Å². The van der Waals surface area contributed by atoms with E-state index in [9.17, 15) is 0 Å². The summed E-state index contributed by atoms with van der Waals surface area (Å²) in [5, 5.41) is 8.05. The summed E-state index contributed by atoms with van der Waals surface area (Å²) in [6.07, 6.45) is 4.19. The third-order valence-electron chi connectivity index (χ3n) is 4.18. The van der Waals surface area contributed by atoms with E-state index in [2.05, 4.69) is 48.7 Å². The van der Waals surface area contributed by atoms with Crippen LogP contribution in [-0.2, 0) is 20.0 Å². The lowest BCUT2D eigenvalue weighted by atomic mass is 10.0. The van der Waals surface area contributed by atoms with Crippen molar-refractivity contribution in [1.82, 2.24) is 15.1 Å². The first-order valence-corrected chi connectivity index (χ1v) is 7.65. The van der Waals surface area contributed by atoms with Crippen molar-refractivity contribution in [2.45, 2.75) is 39.3 Å². The van der Waals surface area contributed by atoms with E-state index in [1.807, 2.05) is 11.7 Å². The molecule has 1 aliphatic rings. The highest BCUT2D eigenvalue weighted by Crippen LogP contribution is 2.29. The number of ether oxygens (including phenoxy) is 1. The third kappa shape index (κ3) is 2.95. The van der Waals surface area contributed by atoms with Crippen LogP contribution >= 0.6 is 0 Å². The fourth-order valence-electron chi connectivity index (χ4n) is 2.98. The minimum Gasteiger partial charge on any atom is -0.493 e. The molecule has 0 aliphatic carbocycles. The average Bonchev–Trinajstić information content (AvgIpc) is 3.05. The van der Waals surface area contributed by atoms with Crippen LogP contribution in [0.4, 0.5) is 0 Å². The van der Waals surface area contributed by atoms with Gasteiger partial charge in [-0.25, -0.2) is 0 Å². The number of fused-ring (bicyclic) bond motifs is 1. The molecule has 3 rings (SSSR count). The quantitative estimate of drug-likeness (QED) is 0.918. The number of hydrogen-bond acceptors (Lipinski definition) is 3. The highest BCUT2D eigenvalue weighted by molar-refractivity contribution is 5.40.